The second-order valence-corrected chi connectivity index (χ2v) is 6.88. The lowest BCUT2D eigenvalue weighted by Gasteiger charge is -2.43. The highest BCUT2D eigenvalue weighted by atomic mass is 16.2. The van der Waals surface area contributed by atoms with Gasteiger partial charge in [-0.3, -0.25) is 9.59 Å². The molecule has 1 aromatic carbocycles. The Morgan fingerprint density at radius 1 is 1.37 bits per heavy atom. The van der Waals surface area contributed by atoms with E-state index in [2.05, 4.69) is 21.9 Å². The summed E-state index contributed by atoms with van der Waals surface area (Å²) in [7, 11) is 1.78. The minimum Gasteiger partial charge on any atom is -0.357 e. The minimum atomic E-state index is -0.0859. The van der Waals surface area contributed by atoms with Crippen molar-refractivity contribution in [2.45, 2.75) is 19.5 Å². The van der Waals surface area contributed by atoms with E-state index in [9.17, 15) is 9.59 Å². The van der Waals surface area contributed by atoms with Crippen LogP contribution in [0.2, 0.25) is 0 Å². The van der Waals surface area contributed by atoms with Crippen LogP contribution in [0, 0.1) is 6.92 Å². The zero-order valence-electron chi connectivity index (χ0n) is 15.4. The zero-order valence-corrected chi connectivity index (χ0v) is 15.4. The Bertz CT molecular complexity index is 949. The average molecular weight is 363 g/mol. The number of benzene rings is 1. The van der Waals surface area contributed by atoms with Gasteiger partial charge in [0.15, 0.2) is 0 Å². The van der Waals surface area contributed by atoms with Crippen molar-refractivity contribution in [3.8, 4) is 11.3 Å². The summed E-state index contributed by atoms with van der Waals surface area (Å²) in [6, 6.07) is 5.97. The summed E-state index contributed by atoms with van der Waals surface area (Å²) in [5.74, 6) is 0.478. The fourth-order valence-corrected chi connectivity index (χ4v) is 3.58. The molecule has 1 saturated heterocycles. The zero-order chi connectivity index (χ0) is 19.1. The number of amides is 2. The number of rotatable bonds is 4. The Hall–Kier alpha value is -3.22. The van der Waals surface area contributed by atoms with Gasteiger partial charge in [-0.25, -0.2) is 9.97 Å². The molecule has 0 radical (unpaired) electrons. The molecule has 3 heterocycles. The van der Waals surface area contributed by atoms with Crippen LogP contribution in [0.25, 0.3) is 11.3 Å². The second kappa shape index (κ2) is 6.50. The molecule has 2 amide bonds. The summed E-state index contributed by atoms with van der Waals surface area (Å²) in [6.07, 6.45) is 3.08. The Balaban J connectivity index is 1.58. The highest BCUT2D eigenvalue weighted by molar-refractivity contribution is 6.00. The van der Waals surface area contributed by atoms with E-state index in [1.807, 2.05) is 30.0 Å². The molecule has 2 aliphatic heterocycles. The molecule has 2 aliphatic rings. The molecular formula is C20H21N5O2. The Morgan fingerprint density at radius 3 is 2.85 bits per heavy atom. The Labute approximate surface area is 157 Å². The lowest BCUT2D eigenvalue weighted by atomic mass is 10.0. The van der Waals surface area contributed by atoms with Gasteiger partial charge in [-0.1, -0.05) is 18.7 Å². The smallest absolute Gasteiger partial charge is 0.254 e. The molecule has 0 aliphatic carbocycles. The maximum Gasteiger partial charge on any atom is 0.254 e. The number of hydrogen-bond donors (Lipinski definition) is 1. The van der Waals surface area contributed by atoms with Gasteiger partial charge in [0.1, 0.15) is 0 Å². The van der Waals surface area contributed by atoms with Gasteiger partial charge >= 0.3 is 0 Å². The lowest BCUT2D eigenvalue weighted by Crippen LogP contribution is -2.60. The van der Waals surface area contributed by atoms with Crippen molar-refractivity contribution in [1.29, 1.82) is 0 Å². The van der Waals surface area contributed by atoms with E-state index >= 15 is 0 Å². The van der Waals surface area contributed by atoms with Gasteiger partial charge < -0.3 is 15.1 Å². The van der Waals surface area contributed by atoms with Crippen LogP contribution in [0.3, 0.4) is 0 Å². The van der Waals surface area contributed by atoms with Gasteiger partial charge in [-0.15, -0.1) is 0 Å². The molecule has 7 nitrogen and oxygen atoms in total. The summed E-state index contributed by atoms with van der Waals surface area (Å²) in [6.45, 7) is 7.17. The number of carbonyl (C=O) groups is 2. The average Bonchev–Trinajstić information content (AvgIpc) is 2.97. The van der Waals surface area contributed by atoms with Gasteiger partial charge in [0.25, 0.3) is 5.91 Å². The number of likely N-dealkylation sites (tertiary alicyclic amines) is 1. The molecule has 1 aromatic heterocycles. The minimum absolute atomic E-state index is 0.0168. The number of aromatic nitrogens is 2. The van der Waals surface area contributed by atoms with Crippen molar-refractivity contribution in [3.05, 3.63) is 53.7 Å². The molecular weight excluding hydrogens is 342 g/mol. The van der Waals surface area contributed by atoms with Crippen molar-refractivity contribution >= 4 is 17.8 Å². The number of hydrogen-bond acceptors (Lipinski definition) is 5. The van der Waals surface area contributed by atoms with Crippen molar-refractivity contribution in [1.82, 2.24) is 19.8 Å². The first-order valence-electron chi connectivity index (χ1n) is 8.89. The molecule has 0 saturated carbocycles. The maximum atomic E-state index is 12.9. The quantitative estimate of drug-likeness (QED) is 0.839. The molecule has 27 heavy (non-hydrogen) atoms. The molecule has 2 aromatic rings. The third-order valence-corrected chi connectivity index (χ3v) is 5.20. The highest BCUT2D eigenvalue weighted by Gasteiger charge is 2.40. The summed E-state index contributed by atoms with van der Waals surface area (Å²) >= 11 is 0. The third kappa shape index (κ3) is 2.85. The second-order valence-electron chi connectivity index (χ2n) is 6.88. The molecule has 7 heteroatoms. The van der Waals surface area contributed by atoms with Gasteiger partial charge in [0.05, 0.1) is 11.7 Å². The van der Waals surface area contributed by atoms with Crippen LogP contribution >= 0.6 is 0 Å². The number of aryl methyl sites for hydroxylation is 1. The first kappa shape index (κ1) is 17.2. The Kier molecular flexibility index (Phi) is 4.14. The number of carbonyl (C=O) groups excluding carboxylic acids is 2. The SMILES string of the molecule is C=CC(=O)N1CC(N2Cc3ccc(-c4nc(NC)ncc4C)cc3C2=O)C1. The van der Waals surface area contributed by atoms with Crippen LogP contribution in [-0.2, 0) is 11.3 Å². The van der Waals surface area contributed by atoms with E-state index in [1.54, 1.807) is 18.1 Å². The van der Waals surface area contributed by atoms with Crippen LogP contribution in [-0.4, -0.2) is 57.8 Å². The summed E-state index contributed by atoms with van der Waals surface area (Å²) < 4.78 is 0. The molecule has 0 unspecified atom stereocenters. The van der Waals surface area contributed by atoms with Crippen molar-refractivity contribution in [3.63, 3.8) is 0 Å². The number of nitrogens with zero attached hydrogens (tertiary/aromatic N) is 4. The molecule has 1 N–H and O–H groups in total. The lowest BCUT2D eigenvalue weighted by molar-refractivity contribution is -0.132. The maximum absolute atomic E-state index is 12.9. The van der Waals surface area contributed by atoms with Crippen LogP contribution in [0.1, 0.15) is 21.5 Å². The predicted octanol–water partition coefficient (Wildman–Crippen LogP) is 1.85. The van der Waals surface area contributed by atoms with Crippen LogP contribution in [0.4, 0.5) is 5.95 Å². The molecule has 1 fully saturated rings. The molecule has 138 valence electrons. The van der Waals surface area contributed by atoms with E-state index < -0.39 is 0 Å². The number of anilines is 1. The van der Waals surface area contributed by atoms with E-state index in [1.165, 1.54) is 6.08 Å². The normalized spacial score (nSPS) is 16.1. The van der Waals surface area contributed by atoms with Crippen molar-refractivity contribution < 1.29 is 9.59 Å². The topological polar surface area (TPSA) is 78.4 Å². The van der Waals surface area contributed by atoms with Gasteiger partial charge in [0, 0.05) is 44.0 Å². The standard InChI is InChI=1S/C20H21N5O2/c1-4-17(26)24-10-15(11-24)25-9-14-6-5-13(7-16(14)19(25)27)18-12(2)8-22-20(21-3)23-18/h4-8,15H,1,9-11H2,2-3H3,(H,21,22,23). The first-order valence-corrected chi connectivity index (χ1v) is 8.89. The monoisotopic (exact) mass is 363 g/mol. The first-order chi connectivity index (χ1) is 13.0. The van der Waals surface area contributed by atoms with E-state index in [0.717, 1.165) is 22.4 Å². The van der Waals surface area contributed by atoms with Crippen molar-refractivity contribution in [2.75, 3.05) is 25.5 Å². The van der Waals surface area contributed by atoms with E-state index in [-0.39, 0.29) is 17.9 Å². The van der Waals surface area contributed by atoms with Gasteiger partial charge in [0.2, 0.25) is 11.9 Å². The fourth-order valence-electron chi connectivity index (χ4n) is 3.58. The van der Waals surface area contributed by atoms with Gasteiger partial charge in [-0.05, 0) is 30.2 Å². The summed E-state index contributed by atoms with van der Waals surface area (Å²) in [4.78, 5) is 36.9. The Morgan fingerprint density at radius 2 is 2.15 bits per heavy atom. The number of nitrogens with one attached hydrogen (secondary N) is 1. The molecule has 0 spiro atoms. The van der Waals surface area contributed by atoms with Crippen LogP contribution in [0.15, 0.2) is 37.1 Å². The number of fused-ring (bicyclic) bond motifs is 1. The highest BCUT2D eigenvalue weighted by Crippen LogP contribution is 2.32. The molecule has 0 atom stereocenters. The van der Waals surface area contributed by atoms with Gasteiger partial charge in [-0.2, -0.15) is 0 Å². The van der Waals surface area contributed by atoms with Crippen LogP contribution in [0.5, 0.6) is 0 Å². The van der Waals surface area contributed by atoms with Crippen molar-refractivity contribution in [2.24, 2.45) is 0 Å². The summed E-state index contributed by atoms with van der Waals surface area (Å²) in [5.41, 5.74) is 4.39. The van der Waals surface area contributed by atoms with E-state index in [4.69, 9.17) is 0 Å². The predicted molar refractivity (Wildman–Crippen MR) is 102 cm³/mol. The largest absolute Gasteiger partial charge is 0.357 e. The van der Waals surface area contributed by atoms with E-state index in [0.29, 0.717) is 31.1 Å². The summed E-state index contributed by atoms with van der Waals surface area (Å²) in [5, 5.41) is 2.94. The third-order valence-electron chi connectivity index (χ3n) is 5.20. The fraction of sp³-hybridized carbons (Fsp3) is 0.300. The van der Waals surface area contributed by atoms with Crippen LogP contribution < -0.4 is 5.32 Å². The molecule has 0 bridgehead atoms. The molecule has 4 rings (SSSR count).